The molecule has 0 aliphatic carbocycles. The van der Waals surface area contributed by atoms with Crippen molar-refractivity contribution >= 4 is 5.91 Å². The summed E-state index contributed by atoms with van der Waals surface area (Å²) in [6, 6.07) is 4.99. The molecule has 0 radical (unpaired) electrons. The Hall–Kier alpha value is -1.75. The largest absolute Gasteiger partial charge is 0.490 e. The van der Waals surface area contributed by atoms with Gasteiger partial charge in [-0.25, -0.2) is 0 Å². The Morgan fingerprint density at radius 3 is 2.39 bits per heavy atom. The molecule has 0 bridgehead atoms. The highest BCUT2D eigenvalue weighted by Gasteiger charge is 2.13. The van der Waals surface area contributed by atoms with Gasteiger partial charge < -0.3 is 20.9 Å². The molecule has 0 spiro atoms. The fraction of sp³-hybridized carbons (Fsp3) is 0.462. The molecule has 0 aromatic heterocycles. The first-order valence-corrected chi connectivity index (χ1v) is 6.01. The summed E-state index contributed by atoms with van der Waals surface area (Å²) in [6.07, 6.45) is 0.111. The van der Waals surface area contributed by atoms with Crippen molar-refractivity contribution in [3.05, 3.63) is 23.8 Å². The van der Waals surface area contributed by atoms with Crippen LogP contribution in [0.1, 0.15) is 31.9 Å². The van der Waals surface area contributed by atoms with E-state index in [0.717, 1.165) is 5.56 Å². The molecule has 1 aromatic rings. The number of primary amides is 1. The van der Waals surface area contributed by atoms with Gasteiger partial charge in [0.1, 0.15) is 0 Å². The Morgan fingerprint density at radius 1 is 1.22 bits per heavy atom. The normalized spacial score (nSPS) is 11.9. The third-order valence-corrected chi connectivity index (χ3v) is 2.42. The van der Waals surface area contributed by atoms with Crippen molar-refractivity contribution in [1.82, 2.24) is 0 Å². The van der Waals surface area contributed by atoms with Gasteiger partial charge in [-0.05, 0) is 31.5 Å². The van der Waals surface area contributed by atoms with E-state index in [9.17, 15) is 4.79 Å². The molecular formula is C13H20N2O3. The lowest BCUT2D eigenvalue weighted by Gasteiger charge is -2.15. The second-order valence-electron chi connectivity index (χ2n) is 3.85. The number of ether oxygens (including phenoxy) is 2. The first kappa shape index (κ1) is 14.3. The van der Waals surface area contributed by atoms with Crippen LogP contribution >= 0.6 is 0 Å². The molecule has 1 aromatic carbocycles. The van der Waals surface area contributed by atoms with Crippen LogP contribution in [0.25, 0.3) is 0 Å². The molecule has 1 atom stereocenters. The second kappa shape index (κ2) is 6.86. The second-order valence-corrected chi connectivity index (χ2v) is 3.85. The van der Waals surface area contributed by atoms with Crippen LogP contribution in [0.2, 0.25) is 0 Å². The van der Waals surface area contributed by atoms with E-state index in [1.165, 1.54) is 0 Å². The number of hydrogen-bond donors (Lipinski definition) is 2. The highest BCUT2D eigenvalue weighted by atomic mass is 16.5. The number of rotatable bonds is 7. The van der Waals surface area contributed by atoms with Crippen molar-refractivity contribution in [3.8, 4) is 11.5 Å². The lowest BCUT2D eigenvalue weighted by Crippen LogP contribution is -2.20. The molecule has 100 valence electrons. The van der Waals surface area contributed by atoms with Crippen molar-refractivity contribution in [2.24, 2.45) is 11.5 Å². The van der Waals surface area contributed by atoms with E-state index in [4.69, 9.17) is 20.9 Å². The summed E-state index contributed by atoms with van der Waals surface area (Å²) in [6.45, 7) is 4.90. The first-order chi connectivity index (χ1) is 8.58. The van der Waals surface area contributed by atoms with Gasteiger partial charge in [0.15, 0.2) is 11.5 Å². The Labute approximate surface area is 107 Å². The number of hydrogen-bond acceptors (Lipinski definition) is 4. The quantitative estimate of drug-likeness (QED) is 0.767. The third-order valence-electron chi connectivity index (χ3n) is 2.42. The molecule has 18 heavy (non-hydrogen) atoms. The van der Waals surface area contributed by atoms with Crippen LogP contribution in [0.15, 0.2) is 18.2 Å². The van der Waals surface area contributed by atoms with E-state index in [0.29, 0.717) is 24.7 Å². The maximum atomic E-state index is 10.8. The standard InChI is InChI=1S/C13H20N2O3/c1-3-17-11-6-5-9(7-12(11)18-4-2)10(14)8-13(15)16/h5-7,10H,3-4,8,14H2,1-2H3,(H2,15,16). The van der Waals surface area contributed by atoms with E-state index in [2.05, 4.69) is 0 Å². The van der Waals surface area contributed by atoms with Crippen molar-refractivity contribution in [2.75, 3.05) is 13.2 Å². The van der Waals surface area contributed by atoms with Gasteiger partial charge in [-0.15, -0.1) is 0 Å². The van der Waals surface area contributed by atoms with Crippen LogP contribution in [-0.4, -0.2) is 19.1 Å². The van der Waals surface area contributed by atoms with Crippen LogP contribution in [0.5, 0.6) is 11.5 Å². The lowest BCUT2D eigenvalue weighted by atomic mass is 10.0. The minimum absolute atomic E-state index is 0.111. The van der Waals surface area contributed by atoms with Gasteiger partial charge in [0, 0.05) is 12.5 Å². The number of amides is 1. The topological polar surface area (TPSA) is 87.6 Å². The van der Waals surface area contributed by atoms with Gasteiger partial charge in [0.05, 0.1) is 13.2 Å². The average molecular weight is 252 g/mol. The fourth-order valence-corrected chi connectivity index (χ4v) is 1.63. The Bertz CT molecular complexity index is 407. The molecule has 0 aliphatic heterocycles. The van der Waals surface area contributed by atoms with E-state index in [1.54, 1.807) is 12.1 Å². The van der Waals surface area contributed by atoms with Crippen LogP contribution in [0.3, 0.4) is 0 Å². The van der Waals surface area contributed by atoms with Gasteiger partial charge in [0.25, 0.3) is 0 Å². The molecule has 0 fully saturated rings. The van der Waals surface area contributed by atoms with Crippen LogP contribution < -0.4 is 20.9 Å². The summed E-state index contributed by atoms with van der Waals surface area (Å²) >= 11 is 0. The summed E-state index contributed by atoms with van der Waals surface area (Å²) in [5.74, 6) is 0.889. The minimum atomic E-state index is -0.422. The molecule has 0 saturated carbocycles. The molecule has 0 aliphatic rings. The highest BCUT2D eigenvalue weighted by molar-refractivity contribution is 5.74. The zero-order chi connectivity index (χ0) is 13.5. The monoisotopic (exact) mass is 252 g/mol. The van der Waals surface area contributed by atoms with Gasteiger partial charge >= 0.3 is 0 Å². The molecule has 5 heteroatoms. The molecular weight excluding hydrogens is 232 g/mol. The van der Waals surface area contributed by atoms with Crippen LogP contribution in [0, 0.1) is 0 Å². The van der Waals surface area contributed by atoms with Gasteiger partial charge in [-0.3, -0.25) is 4.79 Å². The number of benzene rings is 1. The smallest absolute Gasteiger partial charge is 0.219 e. The van der Waals surface area contributed by atoms with E-state index in [-0.39, 0.29) is 6.42 Å². The van der Waals surface area contributed by atoms with Gasteiger partial charge in [-0.2, -0.15) is 0 Å². The van der Waals surface area contributed by atoms with E-state index in [1.807, 2.05) is 19.9 Å². The third kappa shape index (κ3) is 3.92. The summed E-state index contributed by atoms with van der Waals surface area (Å²) in [4.78, 5) is 10.8. The Kier molecular flexibility index (Phi) is 5.45. The molecule has 1 amide bonds. The predicted octanol–water partition coefficient (Wildman–Crippen LogP) is 1.36. The highest BCUT2D eigenvalue weighted by Crippen LogP contribution is 2.30. The molecule has 1 rings (SSSR count). The zero-order valence-corrected chi connectivity index (χ0v) is 10.8. The zero-order valence-electron chi connectivity index (χ0n) is 10.8. The molecule has 4 N–H and O–H groups in total. The fourth-order valence-electron chi connectivity index (χ4n) is 1.63. The summed E-state index contributed by atoms with van der Waals surface area (Å²) in [7, 11) is 0. The average Bonchev–Trinajstić information content (AvgIpc) is 2.31. The lowest BCUT2D eigenvalue weighted by molar-refractivity contribution is -0.118. The Morgan fingerprint density at radius 2 is 1.83 bits per heavy atom. The first-order valence-electron chi connectivity index (χ1n) is 6.01. The van der Waals surface area contributed by atoms with Gasteiger partial charge in [0.2, 0.25) is 5.91 Å². The van der Waals surface area contributed by atoms with E-state index >= 15 is 0 Å². The maximum Gasteiger partial charge on any atom is 0.219 e. The summed E-state index contributed by atoms with van der Waals surface area (Å²) in [5, 5.41) is 0. The minimum Gasteiger partial charge on any atom is -0.490 e. The maximum absolute atomic E-state index is 10.8. The van der Waals surface area contributed by atoms with Crippen molar-refractivity contribution in [2.45, 2.75) is 26.3 Å². The SMILES string of the molecule is CCOc1ccc(C(N)CC(N)=O)cc1OCC. The molecule has 5 nitrogen and oxygen atoms in total. The number of carbonyl (C=O) groups excluding carboxylic acids is 1. The van der Waals surface area contributed by atoms with Crippen LogP contribution in [0.4, 0.5) is 0 Å². The van der Waals surface area contributed by atoms with Crippen molar-refractivity contribution in [3.63, 3.8) is 0 Å². The van der Waals surface area contributed by atoms with Gasteiger partial charge in [-0.1, -0.05) is 6.07 Å². The molecule has 1 unspecified atom stereocenters. The van der Waals surface area contributed by atoms with Crippen LogP contribution in [-0.2, 0) is 4.79 Å². The van der Waals surface area contributed by atoms with Crippen molar-refractivity contribution < 1.29 is 14.3 Å². The predicted molar refractivity (Wildman–Crippen MR) is 69.5 cm³/mol. The van der Waals surface area contributed by atoms with E-state index < -0.39 is 11.9 Å². The Balaban J connectivity index is 2.94. The van der Waals surface area contributed by atoms with Crippen molar-refractivity contribution in [1.29, 1.82) is 0 Å². The summed E-state index contributed by atoms with van der Waals surface area (Å²) in [5.41, 5.74) is 11.8. The summed E-state index contributed by atoms with van der Waals surface area (Å²) < 4.78 is 10.9. The number of nitrogens with two attached hydrogens (primary N) is 2. The molecule has 0 saturated heterocycles. The molecule has 0 heterocycles. The number of carbonyl (C=O) groups is 1.